The minimum absolute atomic E-state index is 0.484. The normalized spacial score (nSPS) is 14.5. The molecule has 1 aliphatic heterocycles. The van der Waals surface area contributed by atoms with E-state index in [9.17, 15) is 9.59 Å². The van der Waals surface area contributed by atoms with Crippen LogP contribution in [0.25, 0.3) is 0 Å². The van der Waals surface area contributed by atoms with Crippen molar-refractivity contribution in [2.45, 2.75) is 13.3 Å². The highest BCUT2D eigenvalue weighted by Gasteiger charge is 2.17. The first-order valence-corrected chi connectivity index (χ1v) is 10.3. The molecule has 0 atom stereocenters. The van der Waals surface area contributed by atoms with Crippen molar-refractivity contribution in [3.63, 3.8) is 0 Å². The van der Waals surface area contributed by atoms with Gasteiger partial charge in [-0.3, -0.25) is 14.5 Å². The Kier molecular flexibility index (Phi) is 7.49. The Balaban J connectivity index is 1.31. The number of halogens is 1. The number of anilines is 2. The zero-order valence-corrected chi connectivity index (χ0v) is 17.4. The molecule has 154 valence electrons. The Morgan fingerprint density at radius 3 is 2.24 bits per heavy atom. The molecule has 1 fully saturated rings. The van der Waals surface area contributed by atoms with Crippen LogP contribution in [0.5, 0.6) is 0 Å². The van der Waals surface area contributed by atoms with Crippen LogP contribution in [0.4, 0.5) is 11.4 Å². The highest BCUT2D eigenvalue weighted by atomic mass is 35.5. The number of piperazine rings is 1. The van der Waals surface area contributed by atoms with Crippen molar-refractivity contribution in [2.75, 3.05) is 49.5 Å². The van der Waals surface area contributed by atoms with Crippen LogP contribution in [0, 0.1) is 6.92 Å². The summed E-state index contributed by atoms with van der Waals surface area (Å²) < 4.78 is 0. The van der Waals surface area contributed by atoms with Crippen LogP contribution in [0.2, 0.25) is 5.02 Å². The van der Waals surface area contributed by atoms with E-state index >= 15 is 0 Å². The van der Waals surface area contributed by atoms with Crippen LogP contribution in [-0.2, 0) is 9.59 Å². The maximum Gasteiger partial charge on any atom is 0.313 e. The smallest absolute Gasteiger partial charge is 0.313 e. The van der Waals surface area contributed by atoms with Crippen molar-refractivity contribution < 1.29 is 9.59 Å². The van der Waals surface area contributed by atoms with Gasteiger partial charge in [0.25, 0.3) is 0 Å². The summed E-state index contributed by atoms with van der Waals surface area (Å²) in [7, 11) is 0. The van der Waals surface area contributed by atoms with E-state index in [1.54, 1.807) is 12.1 Å². The van der Waals surface area contributed by atoms with Gasteiger partial charge in [-0.15, -0.1) is 0 Å². The van der Waals surface area contributed by atoms with Gasteiger partial charge in [-0.25, -0.2) is 0 Å². The monoisotopic (exact) mass is 414 g/mol. The molecule has 2 aromatic rings. The molecule has 3 rings (SSSR count). The van der Waals surface area contributed by atoms with Crippen molar-refractivity contribution in [3.8, 4) is 0 Å². The van der Waals surface area contributed by atoms with E-state index in [0.29, 0.717) is 12.2 Å². The van der Waals surface area contributed by atoms with Gasteiger partial charge in [0.1, 0.15) is 0 Å². The van der Waals surface area contributed by atoms with Gasteiger partial charge < -0.3 is 15.5 Å². The predicted molar refractivity (Wildman–Crippen MR) is 118 cm³/mol. The molecule has 0 unspecified atom stereocenters. The Bertz CT molecular complexity index is 816. The van der Waals surface area contributed by atoms with Crippen molar-refractivity contribution >= 4 is 34.8 Å². The summed E-state index contributed by atoms with van der Waals surface area (Å²) in [5.41, 5.74) is 2.91. The first-order valence-electron chi connectivity index (χ1n) is 9.90. The molecule has 29 heavy (non-hydrogen) atoms. The molecule has 0 spiro atoms. The summed E-state index contributed by atoms with van der Waals surface area (Å²) in [6, 6.07) is 15.3. The van der Waals surface area contributed by atoms with E-state index in [0.717, 1.165) is 49.7 Å². The number of nitrogens with zero attached hydrogens (tertiary/aromatic N) is 2. The molecule has 0 radical (unpaired) electrons. The Hall–Kier alpha value is -2.57. The van der Waals surface area contributed by atoms with Crippen LogP contribution in [0.15, 0.2) is 48.5 Å². The standard InChI is InChI=1S/C22H27ClN4O2/c1-17-3-7-19(8-4-17)25-22(29)21(28)24-11-2-12-26-13-15-27(16-14-26)20-9-5-18(23)6-10-20/h3-10H,2,11-16H2,1H3,(H,24,28)(H,25,29). The molecule has 0 aliphatic carbocycles. The van der Waals surface area contributed by atoms with Crippen molar-refractivity contribution in [3.05, 3.63) is 59.1 Å². The number of nitrogens with one attached hydrogen (secondary N) is 2. The van der Waals surface area contributed by atoms with Gasteiger partial charge >= 0.3 is 11.8 Å². The predicted octanol–water partition coefficient (Wildman–Crippen LogP) is 2.92. The average Bonchev–Trinajstić information content (AvgIpc) is 2.74. The highest BCUT2D eigenvalue weighted by Crippen LogP contribution is 2.19. The van der Waals surface area contributed by atoms with Crippen LogP contribution >= 0.6 is 11.6 Å². The van der Waals surface area contributed by atoms with Crippen LogP contribution in [-0.4, -0.2) is 56.0 Å². The number of benzene rings is 2. The molecule has 6 nitrogen and oxygen atoms in total. The molecule has 7 heteroatoms. The van der Waals surface area contributed by atoms with Crippen molar-refractivity contribution in [1.82, 2.24) is 10.2 Å². The van der Waals surface area contributed by atoms with E-state index in [4.69, 9.17) is 11.6 Å². The molecule has 2 amide bonds. The van der Waals surface area contributed by atoms with Gasteiger partial charge in [-0.05, 0) is 56.3 Å². The topological polar surface area (TPSA) is 64.7 Å². The Morgan fingerprint density at radius 1 is 0.931 bits per heavy atom. The van der Waals surface area contributed by atoms with Gasteiger partial charge in [0.2, 0.25) is 0 Å². The summed E-state index contributed by atoms with van der Waals surface area (Å²) in [6.45, 7) is 7.23. The lowest BCUT2D eigenvalue weighted by atomic mass is 10.2. The Morgan fingerprint density at radius 2 is 1.59 bits per heavy atom. The lowest BCUT2D eigenvalue weighted by Crippen LogP contribution is -2.47. The maximum absolute atomic E-state index is 11.9. The van der Waals surface area contributed by atoms with E-state index in [-0.39, 0.29) is 0 Å². The largest absolute Gasteiger partial charge is 0.369 e. The summed E-state index contributed by atoms with van der Waals surface area (Å²) in [5.74, 6) is -1.23. The number of hydrogen-bond acceptors (Lipinski definition) is 4. The molecule has 2 N–H and O–H groups in total. The average molecular weight is 415 g/mol. The summed E-state index contributed by atoms with van der Waals surface area (Å²) >= 11 is 5.95. The molecule has 2 aromatic carbocycles. The second-order valence-electron chi connectivity index (χ2n) is 7.23. The fourth-order valence-corrected chi connectivity index (χ4v) is 3.42. The van der Waals surface area contributed by atoms with E-state index in [1.165, 1.54) is 5.69 Å². The summed E-state index contributed by atoms with van der Waals surface area (Å²) in [5, 5.41) is 6.05. The lowest BCUT2D eigenvalue weighted by Gasteiger charge is -2.36. The van der Waals surface area contributed by atoms with Crippen LogP contribution < -0.4 is 15.5 Å². The first-order chi connectivity index (χ1) is 14.0. The quantitative estimate of drug-likeness (QED) is 0.563. The minimum atomic E-state index is -0.634. The van der Waals surface area contributed by atoms with Crippen LogP contribution in [0.1, 0.15) is 12.0 Å². The number of carbonyl (C=O) groups excluding carboxylic acids is 2. The zero-order valence-electron chi connectivity index (χ0n) is 16.7. The highest BCUT2D eigenvalue weighted by molar-refractivity contribution is 6.39. The number of amides is 2. The van der Waals surface area contributed by atoms with Gasteiger partial charge in [0.15, 0.2) is 0 Å². The maximum atomic E-state index is 11.9. The zero-order chi connectivity index (χ0) is 20.6. The molecule has 1 heterocycles. The number of hydrogen-bond donors (Lipinski definition) is 2. The number of carbonyl (C=O) groups is 2. The fourth-order valence-electron chi connectivity index (χ4n) is 3.29. The second-order valence-corrected chi connectivity index (χ2v) is 7.67. The summed E-state index contributed by atoms with van der Waals surface area (Å²) in [4.78, 5) is 28.6. The number of rotatable bonds is 6. The van der Waals surface area contributed by atoms with Gasteiger partial charge in [0.05, 0.1) is 0 Å². The van der Waals surface area contributed by atoms with Gasteiger partial charge in [-0.1, -0.05) is 29.3 Å². The molecular weight excluding hydrogens is 388 g/mol. The van der Waals surface area contributed by atoms with Gasteiger partial charge in [-0.2, -0.15) is 0 Å². The lowest BCUT2D eigenvalue weighted by molar-refractivity contribution is -0.136. The molecule has 0 aromatic heterocycles. The van der Waals surface area contributed by atoms with Crippen LogP contribution in [0.3, 0.4) is 0 Å². The number of aryl methyl sites for hydroxylation is 1. The Labute approximate surface area is 176 Å². The van der Waals surface area contributed by atoms with Crippen molar-refractivity contribution in [2.24, 2.45) is 0 Å². The third-order valence-electron chi connectivity index (χ3n) is 5.02. The SMILES string of the molecule is Cc1ccc(NC(=O)C(=O)NCCCN2CCN(c3ccc(Cl)cc3)CC2)cc1. The van der Waals surface area contributed by atoms with E-state index < -0.39 is 11.8 Å². The third kappa shape index (κ3) is 6.48. The van der Waals surface area contributed by atoms with Gasteiger partial charge in [0, 0.05) is 49.1 Å². The van der Waals surface area contributed by atoms with E-state index in [1.807, 2.05) is 31.2 Å². The van der Waals surface area contributed by atoms with E-state index in [2.05, 4.69) is 32.6 Å². The summed E-state index contributed by atoms with van der Waals surface area (Å²) in [6.07, 6.45) is 0.810. The molecule has 0 saturated carbocycles. The minimum Gasteiger partial charge on any atom is -0.369 e. The second kappa shape index (κ2) is 10.3. The molecular formula is C22H27ClN4O2. The third-order valence-corrected chi connectivity index (χ3v) is 5.27. The first kappa shape index (κ1) is 21.1. The molecule has 1 aliphatic rings. The molecule has 0 bridgehead atoms. The van der Waals surface area contributed by atoms with Crippen molar-refractivity contribution in [1.29, 1.82) is 0 Å². The molecule has 1 saturated heterocycles. The fraction of sp³-hybridized carbons (Fsp3) is 0.364.